The third-order valence-electron chi connectivity index (χ3n) is 4.10. The fourth-order valence-electron chi connectivity index (χ4n) is 2.89. The van der Waals surface area contributed by atoms with Gasteiger partial charge in [-0.1, -0.05) is 13.8 Å². The highest BCUT2D eigenvalue weighted by atomic mass is 16.5. The number of carbonyl (C=O) groups excluding carboxylic acids is 1. The second-order valence-corrected chi connectivity index (χ2v) is 5.90. The van der Waals surface area contributed by atoms with Crippen LogP contribution in [0, 0.1) is 0 Å². The van der Waals surface area contributed by atoms with Crippen LogP contribution in [0.25, 0.3) is 0 Å². The van der Waals surface area contributed by atoms with Crippen LogP contribution >= 0.6 is 0 Å². The fraction of sp³-hybridized carbons (Fsp3) is 0.600. The second kappa shape index (κ2) is 4.60. The molecule has 3 heterocycles. The van der Waals surface area contributed by atoms with Gasteiger partial charge in [-0.15, -0.1) is 0 Å². The molecule has 19 heavy (non-hydrogen) atoms. The lowest BCUT2D eigenvalue weighted by molar-refractivity contribution is 0.0183. The molecule has 1 fully saturated rings. The van der Waals surface area contributed by atoms with Crippen LogP contribution in [0.1, 0.15) is 55.1 Å². The number of pyridine rings is 1. The molecule has 1 N–H and O–H groups in total. The van der Waals surface area contributed by atoms with E-state index in [2.05, 4.69) is 24.1 Å². The molecule has 2 aliphatic rings. The molecule has 0 bridgehead atoms. The molecule has 1 aromatic rings. The van der Waals surface area contributed by atoms with E-state index in [9.17, 15) is 4.79 Å². The highest BCUT2D eigenvalue weighted by molar-refractivity contribution is 6.00. The lowest BCUT2D eigenvalue weighted by Crippen LogP contribution is -2.49. The Morgan fingerprint density at radius 2 is 2.11 bits per heavy atom. The van der Waals surface area contributed by atoms with Gasteiger partial charge in [-0.3, -0.25) is 9.78 Å². The number of nitrogens with one attached hydrogen (secondary N) is 1. The number of rotatable bonds is 1. The third kappa shape index (κ3) is 2.25. The Morgan fingerprint density at radius 1 is 1.37 bits per heavy atom. The minimum atomic E-state index is -0.295. The minimum Gasteiger partial charge on any atom is -0.484 e. The predicted molar refractivity (Wildman–Crippen MR) is 72.7 cm³/mol. The van der Waals surface area contributed by atoms with Gasteiger partial charge < -0.3 is 10.1 Å². The van der Waals surface area contributed by atoms with Crippen molar-refractivity contribution in [3.8, 4) is 5.75 Å². The van der Waals surface area contributed by atoms with Gasteiger partial charge in [0.2, 0.25) is 0 Å². The Balaban J connectivity index is 1.94. The predicted octanol–water partition coefficient (Wildman–Crippen LogP) is 2.29. The van der Waals surface area contributed by atoms with Crippen LogP contribution in [0.15, 0.2) is 12.3 Å². The van der Waals surface area contributed by atoms with E-state index in [1.807, 2.05) is 6.07 Å². The van der Waals surface area contributed by atoms with Crippen LogP contribution in [0.2, 0.25) is 0 Å². The summed E-state index contributed by atoms with van der Waals surface area (Å²) < 4.78 is 6.14. The van der Waals surface area contributed by atoms with Gasteiger partial charge in [-0.05, 0) is 25.1 Å². The maximum atomic E-state index is 12.4. The van der Waals surface area contributed by atoms with Crippen molar-refractivity contribution in [1.29, 1.82) is 0 Å². The molecule has 102 valence electrons. The summed E-state index contributed by atoms with van der Waals surface area (Å²) in [6, 6.07) is 1.90. The van der Waals surface area contributed by atoms with Crippen LogP contribution < -0.4 is 10.1 Å². The number of aromatic nitrogens is 1. The first-order chi connectivity index (χ1) is 9.10. The zero-order valence-corrected chi connectivity index (χ0v) is 11.5. The summed E-state index contributed by atoms with van der Waals surface area (Å²) in [7, 11) is 0. The van der Waals surface area contributed by atoms with E-state index in [-0.39, 0.29) is 11.4 Å². The average molecular weight is 260 g/mol. The molecular formula is C15H20N2O2. The molecule has 0 aromatic carbocycles. The van der Waals surface area contributed by atoms with E-state index in [0.717, 1.165) is 31.6 Å². The van der Waals surface area contributed by atoms with Gasteiger partial charge in [0.05, 0.1) is 18.2 Å². The second-order valence-electron chi connectivity index (χ2n) is 5.90. The third-order valence-corrected chi connectivity index (χ3v) is 4.10. The summed E-state index contributed by atoms with van der Waals surface area (Å²) in [4.78, 5) is 16.8. The number of hydrogen-bond donors (Lipinski definition) is 1. The molecule has 1 aromatic heterocycles. The van der Waals surface area contributed by atoms with E-state index < -0.39 is 0 Å². The molecule has 3 rings (SSSR count). The zero-order valence-electron chi connectivity index (χ0n) is 11.5. The molecule has 4 heteroatoms. The van der Waals surface area contributed by atoms with Crippen LogP contribution in [0.5, 0.6) is 5.75 Å². The molecular weight excluding hydrogens is 240 g/mol. The number of hydrogen-bond acceptors (Lipinski definition) is 4. The van der Waals surface area contributed by atoms with Crippen molar-refractivity contribution < 1.29 is 9.53 Å². The Kier molecular flexibility index (Phi) is 3.05. The Bertz CT molecular complexity index is 505. The molecule has 2 aliphatic heterocycles. The molecule has 0 unspecified atom stereocenters. The van der Waals surface area contributed by atoms with Crippen molar-refractivity contribution in [3.05, 3.63) is 23.5 Å². The SMILES string of the molecule is CC(C)c1cc2c(cn1)OC1(CCNCC1)CC2=O. The Hall–Kier alpha value is -1.42. The standard InChI is InChI=1S/C15H20N2O2/c1-10(2)12-7-11-13(18)8-15(3-5-16-6-4-15)19-14(11)9-17-12/h7,9-10,16H,3-6,8H2,1-2H3. The molecule has 4 nitrogen and oxygen atoms in total. The van der Waals surface area contributed by atoms with Crippen molar-refractivity contribution in [2.75, 3.05) is 13.1 Å². The van der Waals surface area contributed by atoms with Crippen molar-refractivity contribution in [2.24, 2.45) is 0 Å². The summed E-state index contributed by atoms with van der Waals surface area (Å²) in [5.41, 5.74) is 1.37. The van der Waals surface area contributed by atoms with Crippen LogP contribution in [-0.4, -0.2) is 29.5 Å². The van der Waals surface area contributed by atoms with E-state index in [1.165, 1.54) is 0 Å². The number of ketones is 1. The summed E-state index contributed by atoms with van der Waals surface area (Å²) in [6.45, 7) is 5.99. The van der Waals surface area contributed by atoms with E-state index in [0.29, 0.717) is 23.7 Å². The zero-order chi connectivity index (χ0) is 13.5. The molecule has 0 amide bonds. The quantitative estimate of drug-likeness (QED) is 0.841. The van der Waals surface area contributed by atoms with Gasteiger partial charge in [-0.2, -0.15) is 0 Å². The largest absolute Gasteiger partial charge is 0.484 e. The lowest BCUT2D eigenvalue weighted by atomic mass is 9.83. The van der Waals surface area contributed by atoms with Gasteiger partial charge >= 0.3 is 0 Å². The molecule has 0 aliphatic carbocycles. The van der Waals surface area contributed by atoms with E-state index in [1.54, 1.807) is 6.20 Å². The van der Waals surface area contributed by atoms with Crippen molar-refractivity contribution in [3.63, 3.8) is 0 Å². The van der Waals surface area contributed by atoms with Gasteiger partial charge in [0, 0.05) is 18.5 Å². The van der Waals surface area contributed by atoms with Crippen molar-refractivity contribution in [2.45, 2.75) is 44.6 Å². The maximum absolute atomic E-state index is 12.4. The first-order valence-electron chi connectivity index (χ1n) is 7.02. The summed E-state index contributed by atoms with van der Waals surface area (Å²) >= 11 is 0. The average Bonchev–Trinajstić information content (AvgIpc) is 2.39. The highest BCUT2D eigenvalue weighted by Crippen LogP contribution is 2.38. The molecule has 0 atom stereocenters. The molecule has 1 saturated heterocycles. The number of nitrogens with zero attached hydrogens (tertiary/aromatic N) is 1. The molecule has 0 radical (unpaired) electrons. The van der Waals surface area contributed by atoms with Gasteiger partial charge in [0.1, 0.15) is 11.4 Å². The van der Waals surface area contributed by atoms with E-state index >= 15 is 0 Å². The first-order valence-corrected chi connectivity index (χ1v) is 7.02. The lowest BCUT2D eigenvalue weighted by Gasteiger charge is -2.40. The first kappa shape index (κ1) is 12.6. The van der Waals surface area contributed by atoms with Crippen molar-refractivity contribution >= 4 is 5.78 Å². The van der Waals surface area contributed by atoms with Crippen LogP contribution in [0.4, 0.5) is 0 Å². The number of ether oxygens (including phenoxy) is 1. The number of piperidine rings is 1. The summed E-state index contributed by atoms with van der Waals surface area (Å²) in [5, 5.41) is 3.31. The summed E-state index contributed by atoms with van der Waals surface area (Å²) in [6.07, 6.45) is 4.02. The number of Topliss-reactive ketones (excluding diaryl/α,β-unsaturated/α-hetero) is 1. The molecule has 0 saturated carbocycles. The summed E-state index contributed by atoms with van der Waals surface area (Å²) in [5.74, 6) is 1.20. The van der Waals surface area contributed by atoms with Crippen LogP contribution in [-0.2, 0) is 0 Å². The number of carbonyl (C=O) groups is 1. The topological polar surface area (TPSA) is 51.2 Å². The van der Waals surface area contributed by atoms with Gasteiger partial charge in [-0.25, -0.2) is 0 Å². The van der Waals surface area contributed by atoms with Crippen molar-refractivity contribution in [1.82, 2.24) is 10.3 Å². The number of fused-ring (bicyclic) bond motifs is 1. The fourth-order valence-corrected chi connectivity index (χ4v) is 2.89. The van der Waals surface area contributed by atoms with E-state index in [4.69, 9.17) is 4.74 Å². The highest BCUT2D eigenvalue weighted by Gasteiger charge is 2.41. The monoisotopic (exact) mass is 260 g/mol. The van der Waals surface area contributed by atoms with Gasteiger partial charge in [0.25, 0.3) is 0 Å². The van der Waals surface area contributed by atoms with Crippen LogP contribution in [0.3, 0.4) is 0 Å². The minimum absolute atomic E-state index is 0.201. The normalized spacial score (nSPS) is 21.3. The van der Waals surface area contributed by atoms with Gasteiger partial charge in [0.15, 0.2) is 5.78 Å². The Labute approximate surface area is 113 Å². The maximum Gasteiger partial charge on any atom is 0.170 e. The molecule has 1 spiro atoms. The smallest absolute Gasteiger partial charge is 0.170 e. The Morgan fingerprint density at radius 3 is 2.79 bits per heavy atom.